The molecule has 1 aliphatic carbocycles. The highest BCUT2D eigenvalue weighted by Crippen LogP contribution is 2.30. The molecule has 1 fully saturated rings. The standard InChI is InChI=1S/C19H20F3N3O2/c20-19(21,22)13-6-8-14(9-7-13)25-18(27)15-4-2-10-23-17(15)24-11-12-3-1-5-16(12)26/h2,4,6-10,12,16,26H,1,3,5,11H2,(H,23,24)(H,25,27)/t12-,16-/m0/s1. The van der Waals surface area contributed by atoms with Crippen molar-refractivity contribution < 1.29 is 23.1 Å². The number of carbonyl (C=O) groups excluding carboxylic acids is 1. The summed E-state index contributed by atoms with van der Waals surface area (Å²) in [6.07, 6.45) is -0.581. The number of rotatable bonds is 5. The molecule has 1 heterocycles. The Bertz CT molecular complexity index is 794. The summed E-state index contributed by atoms with van der Waals surface area (Å²) in [6, 6.07) is 7.44. The van der Waals surface area contributed by atoms with Crippen molar-refractivity contribution in [1.82, 2.24) is 4.98 Å². The lowest BCUT2D eigenvalue weighted by atomic mass is 10.1. The van der Waals surface area contributed by atoms with Gasteiger partial charge in [0.2, 0.25) is 0 Å². The van der Waals surface area contributed by atoms with Gasteiger partial charge in [0.1, 0.15) is 5.82 Å². The number of alkyl halides is 3. The van der Waals surface area contributed by atoms with Crippen molar-refractivity contribution in [2.24, 2.45) is 5.92 Å². The lowest BCUT2D eigenvalue weighted by Gasteiger charge is -2.17. The molecule has 0 spiro atoms. The number of benzene rings is 1. The van der Waals surface area contributed by atoms with Crippen LogP contribution in [0.1, 0.15) is 35.2 Å². The van der Waals surface area contributed by atoms with E-state index in [-0.39, 0.29) is 23.3 Å². The van der Waals surface area contributed by atoms with Crippen molar-refractivity contribution in [3.05, 3.63) is 53.7 Å². The molecule has 1 aliphatic rings. The fourth-order valence-electron chi connectivity index (χ4n) is 3.15. The van der Waals surface area contributed by atoms with Crippen LogP contribution in [0, 0.1) is 5.92 Å². The molecule has 2 atom stereocenters. The summed E-state index contributed by atoms with van der Waals surface area (Å²) in [5.74, 6) is 0.0103. The van der Waals surface area contributed by atoms with Crippen molar-refractivity contribution in [3.8, 4) is 0 Å². The van der Waals surface area contributed by atoms with E-state index in [2.05, 4.69) is 15.6 Å². The highest BCUT2D eigenvalue weighted by Gasteiger charge is 2.30. The van der Waals surface area contributed by atoms with E-state index in [0.29, 0.717) is 12.4 Å². The van der Waals surface area contributed by atoms with Gasteiger partial charge in [-0.3, -0.25) is 4.79 Å². The number of carbonyl (C=O) groups is 1. The van der Waals surface area contributed by atoms with Gasteiger partial charge in [-0.1, -0.05) is 6.42 Å². The minimum Gasteiger partial charge on any atom is -0.393 e. The van der Waals surface area contributed by atoms with Gasteiger partial charge in [0, 0.05) is 24.3 Å². The number of anilines is 2. The third kappa shape index (κ3) is 4.77. The third-order valence-electron chi connectivity index (χ3n) is 4.67. The molecule has 1 saturated carbocycles. The average molecular weight is 379 g/mol. The summed E-state index contributed by atoms with van der Waals surface area (Å²) in [6.45, 7) is 0.499. The van der Waals surface area contributed by atoms with Crippen LogP contribution in [0.2, 0.25) is 0 Å². The Labute approximate surface area is 154 Å². The van der Waals surface area contributed by atoms with Crippen molar-refractivity contribution in [3.63, 3.8) is 0 Å². The van der Waals surface area contributed by atoms with E-state index < -0.39 is 17.6 Å². The number of amides is 1. The Morgan fingerprint density at radius 3 is 2.56 bits per heavy atom. The molecule has 0 bridgehead atoms. The first kappa shape index (κ1) is 19.2. The molecule has 0 aliphatic heterocycles. The smallest absolute Gasteiger partial charge is 0.393 e. The molecule has 1 aromatic heterocycles. The Hall–Kier alpha value is -2.61. The molecular weight excluding hydrogens is 359 g/mol. The summed E-state index contributed by atoms with van der Waals surface area (Å²) in [7, 11) is 0. The minimum atomic E-state index is -4.42. The SMILES string of the molecule is O=C(Nc1ccc(C(F)(F)F)cc1)c1cccnc1NC[C@@H]1CCC[C@@H]1O. The van der Waals surface area contributed by atoms with Crippen LogP contribution in [0.15, 0.2) is 42.6 Å². The van der Waals surface area contributed by atoms with Crippen LogP contribution in [0.4, 0.5) is 24.7 Å². The quantitative estimate of drug-likeness (QED) is 0.736. The molecule has 1 aromatic carbocycles. The van der Waals surface area contributed by atoms with Crippen molar-refractivity contribution in [2.75, 3.05) is 17.2 Å². The number of hydrogen-bond donors (Lipinski definition) is 3. The number of pyridine rings is 1. The first-order chi connectivity index (χ1) is 12.8. The number of hydrogen-bond acceptors (Lipinski definition) is 4. The van der Waals surface area contributed by atoms with Gasteiger partial charge in [-0.2, -0.15) is 13.2 Å². The van der Waals surface area contributed by atoms with Gasteiger partial charge >= 0.3 is 6.18 Å². The first-order valence-corrected chi connectivity index (χ1v) is 8.70. The van der Waals surface area contributed by atoms with Gasteiger partial charge in [0.15, 0.2) is 0 Å². The molecule has 144 valence electrons. The Morgan fingerprint density at radius 2 is 1.93 bits per heavy atom. The van der Waals surface area contributed by atoms with Crippen molar-refractivity contribution in [1.29, 1.82) is 0 Å². The number of halogens is 3. The molecule has 2 aromatic rings. The number of nitrogens with one attached hydrogen (secondary N) is 2. The van der Waals surface area contributed by atoms with Gasteiger partial charge in [0.05, 0.1) is 17.2 Å². The molecule has 3 N–H and O–H groups in total. The first-order valence-electron chi connectivity index (χ1n) is 8.70. The number of aromatic nitrogens is 1. The van der Waals surface area contributed by atoms with Gasteiger partial charge in [-0.15, -0.1) is 0 Å². The lowest BCUT2D eigenvalue weighted by molar-refractivity contribution is -0.137. The maximum absolute atomic E-state index is 12.6. The maximum atomic E-state index is 12.6. The lowest BCUT2D eigenvalue weighted by Crippen LogP contribution is -2.24. The Balaban J connectivity index is 1.67. The molecular formula is C19H20F3N3O2. The van der Waals surface area contributed by atoms with E-state index in [1.807, 2.05) is 0 Å². The summed E-state index contributed by atoms with van der Waals surface area (Å²) in [5, 5.41) is 15.6. The Morgan fingerprint density at radius 1 is 1.19 bits per heavy atom. The zero-order chi connectivity index (χ0) is 19.4. The van der Waals surface area contributed by atoms with Crippen LogP contribution in [-0.4, -0.2) is 28.6 Å². The molecule has 0 unspecified atom stereocenters. The summed E-state index contributed by atoms with van der Waals surface area (Å²) in [4.78, 5) is 16.7. The minimum absolute atomic E-state index is 0.109. The molecule has 27 heavy (non-hydrogen) atoms. The number of aliphatic hydroxyl groups is 1. The zero-order valence-corrected chi connectivity index (χ0v) is 14.5. The van der Waals surface area contributed by atoms with E-state index in [4.69, 9.17) is 0 Å². The third-order valence-corrected chi connectivity index (χ3v) is 4.67. The number of aliphatic hydroxyl groups excluding tert-OH is 1. The van der Waals surface area contributed by atoms with Crippen LogP contribution in [0.5, 0.6) is 0 Å². The Kier molecular flexibility index (Phi) is 5.65. The topological polar surface area (TPSA) is 74.2 Å². The molecule has 3 rings (SSSR count). The second-order valence-electron chi connectivity index (χ2n) is 6.57. The maximum Gasteiger partial charge on any atom is 0.416 e. The molecule has 0 radical (unpaired) electrons. The summed E-state index contributed by atoms with van der Waals surface area (Å²) < 4.78 is 37.9. The van der Waals surface area contributed by atoms with E-state index in [0.717, 1.165) is 31.4 Å². The van der Waals surface area contributed by atoms with Crippen LogP contribution >= 0.6 is 0 Å². The highest BCUT2D eigenvalue weighted by molar-refractivity contribution is 6.07. The van der Waals surface area contributed by atoms with E-state index in [1.165, 1.54) is 12.1 Å². The van der Waals surface area contributed by atoms with E-state index >= 15 is 0 Å². The van der Waals surface area contributed by atoms with Gasteiger partial charge in [-0.05, 0) is 49.2 Å². The van der Waals surface area contributed by atoms with Crippen molar-refractivity contribution in [2.45, 2.75) is 31.5 Å². The summed E-state index contributed by atoms with van der Waals surface area (Å²) >= 11 is 0. The van der Waals surface area contributed by atoms with E-state index in [1.54, 1.807) is 18.3 Å². The second-order valence-corrected chi connectivity index (χ2v) is 6.57. The predicted octanol–water partition coefficient (Wildman–Crippen LogP) is 3.93. The van der Waals surface area contributed by atoms with E-state index in [9.17, 15) is 23.1 Å². The molecule has 0 saturated heterocycles. The van der Waals surface area contributed by atoms with Crippen LogP contribution in [-0.2, 0) is 6.18 Å². The molecule has 5 nitrogen and oxygen atoms in total. The monoisotopic (exact) mass is 379 g/mol. The van der Waals surface area contributed by atoms with Crippen LogP contribution < -0.4 is 10.6 Å². The molecule has 1 amide bonds. The fraction of sp³-hybridized carbons (Fsp3) is 0.368. The average Bonchev–Trinajstić information content (AvgIpc) is 3.05. The van der Waals surface area contributed by atoms with Crippen molar-refractivity contribution >= 4 is 17.4 Å². The van der Waals surface area contributed by atoms with Gasteiger partial charge in [0.25, 0.3) is 5.91 Å². The summed E-state index contributed by atoms with van der Waals surface area (Å²) in [5.41, 5.74) is -0.238. The van der Waals surface area contributed by atoms with Crippen LogP contribution in [0.25, 0.3) is 0 Å². The van der Waals surface area contributed by atoms with Gasteiger partial charge in [-0.25, -0.2) is 4.98 Å². The zero-order valence-electron chi connectivity index (χ0n) is 14.5. The number of nitrogens with zero attached hydrogens (tertiary/aromatic N) is 1. The highest BCUT2D eigenvalue weighted by atomic mass is 19.4. The largest absolute Gasteiger partial charge is 0.416 e. The van der Waals surface area contributed by atoms with Crippen LogP contribution in [0.3, 0.4) is 0 Å². The molecule has 8 heteroatoms. The predicted molar refractivity (Wildman–Crippen MR) is 95.5 cm³/mol. The van der Waals surface area contributed by atoms with Gasteiger partial charge < -0.3 is 15.7 Å². The fourth-order valence-corrected chi connectivity index (χ4v) is 3.15. The normalized spacial score (nSPS) is 19.7. The second kappa shape index (κ2) is 7.96.